The number of aromatic nitrogens is 2. The highest BCUT2D eigenvalue weighted by molar-refractivity contribution is 6.05. The number of fused-ring (bicyclic) bond motifs is 2. The molecule has 0 radical (unpaired) electrons. The fourth-order valence-corrected chi connectivity index (χ4v) is 7.24. The van der Waals surface area contributed by atoms with Crippen molar-refractivity contribution in [3.05, 3.63) is 131 Å². The summed E-state index contributed by atoms with van der Waals surface area (Å²) in [6.45, 7) is 7.70. The minimum absolute atomic E-state index is 0.409. The topological polar surface area (TPSA) is 148 Å². The lowest BCUT2D eigenvalue weighted by molar-refractivity contribution is 0.0987. The van der Waals surface area contributed by atoms with Gasteiger partial charge in [-0.05, 0) is 34.4 Å². The first kappa shape index (κ1) is 32.9. The van der Waals surface area contributed by atoms with Gasteiger partial charge in [-0.3, -0.25) is 9.59 Å². The Morgan fingerprint density at radius 2 is 0.900 bits per heavy atom. The number of aromatic amines is 2. The first-order chi connectivity index (χ1) is 24.5. The van der Waals surface area contributed by atoms with Crippen LogP contribution in [-0.4, -0.2) is 74.1 Å². The van der Waals surface area contributed by atoms with Gasteiger partial charge in [-0.1, -0.05) is 84.9 Å². The number of hydrogen-bond donors (Lipinski definition) is 6. The Hall–Kier alpha value is -5.58. The third-order valence-electron chi connectivity index (χ3n) is 9.69. The lowest BCUT2D eigenvalue weighted by Gasteiger charge is -2.29. The molecule has 2 aromatic heterocycles. The van der Waals surface area contributed by atoms with Crippen LogP contribution in [0, 0.1) is 0 Å². The highest BCUT2D eigenvalue weighted by Crippen LogP contribution is 2.33. The summed E-state index contributed by atoms with van der Waals surface area (Å²) in [5.74, 6) is -0.818. The molecular formula is C40H44N8O2. The first-order valence-electron chi connectivity index (χ1n) is 17.3. The van der Waals surface area contributed by atoms with Crippen LogP contribution in [0.3, 0.4) is 0 Å². The summed E-state index contributed by atoms with van der Waals surface area (Å²) in [5.41, 5.74) is 20.9. The average Bonchev–Trinajstić information content (AvgIpc) is 3.72. The fourth-order valence-electron chi connectivity index (χ4n) is 7.24. The molecule has 8 rings (SSSR count). The number of anilines is 2. The first-order valence-corrected chi connectivity index (χ1v) is 17.3. The Labute approximate surface area is 291 Å². The van der Waals surface area contributed by atoms with Crippen LogP contribution in [0.4, 0.5) is 11.4 Å². The summed E-state index contributed by atoms with van der Waals surface area (Å²) in [4.78, 5) is 35.4. The van der Waals surface area contributed by atoms with E-state index in [-0.39, 0.29) is 0 Å². The highest BCUT2D eigenvalue weighted by Gasteiger charge is 2.22. The molecular weight excluding hydrogens is 624 g/mol. The molecule has 4 heterocycles. The smallest absolute Gasteiger partial charge is 0.265 e. The average molecular weight is 669 g/mol. The molecule has 2 saturated heterocycles. The van der Waals surface area contributed by atoms with E-state index in [1.54, 1.807) is 0 Å². The van der Waals surface area contributed by atoms with E-state index in [9.17, 15) is 9.59 Å². The third-order valence-corrected chi connectivity index (χ3v) is 9.69. The van der Waals surface area contributed by atoms with Crippen LogP contribution >= 0.6 is 0 Å². The number of rotatable bonds is 8. The zero-order valence-corrected chi connectivity index (χ0v) is 28.2. The predicted octanol–water partition coefficient (Wildman–Crippen LogP) is 4.53. The van der Waals surface area contributed by atoms with E-state index in [4.69, 9.17) is 11.5 Å². The quantitative estimate of drug-likeness (QED) is 0.140. The van der Waals surface area contributed by atoms with Crippen LogP contribution in [0.1, 0.15) is 43.2 Å². The molecule has 50 heavy (non-hydrogen) atoms. The molecule has 0 spiro atoms. The number of carbonyl (C=O) groups excluding carboxylic acids is 2. The van der Waals surface area contributed by atoms with Crippen molar-refractivity contribution in [1.82, 2.24) is 20.6 Å². The summed E-state index contributed by atoms with van der Waals surface area (Å²) >= 11 is 0. The number of carbonyl (C=O) groups is 2. The molecule has 2 aliphatic rings. The number of nitrogens with zero attached hydrogens (tertiary/aromatic N) is 2. The Kier molecular flexibility index (Phi) is 9.82. The van der Waals surface area contributed by atoms with Crippen molar-refractivity contribution in [2.45, 2.75) is 12.8 Å². The van der Waals surface area contributed by atoms with Crippen LogP contribution in [0.15, 0.2) is 97.1 Å². The molecule has 0 saturated carbocycles. The van der Waals surface area contributed by atoms with Crippen molar-refractivity contribution >= 4 is 45.0 Å². The number of benzene rings is 4. The molecule has 0 aliphatic carbocycles. The minimum Gasteiger partial charge on any atom is -0.367 e. The van der Waals surface area contributed by atoms with E-state index >= 15 is 0 Å². The number of nitrogens with one attached hydrogen (secondary N) is 4. The Morgan fingerprint density at radius 3 is 1.26 bits per heavy atom. The lowest BCUT2D eigenvalue weighted by atomic mass is 10.0. The second-order valence-electron chi connectivity index (χ2n) is 12.9. The number of para-hydroxylation sites is 2. The van der Waals surface area contributed by atoms with Crippen molar-refractivity contribution in [3.63, 3.8) is 0 Å². The zero-order valence-electron chi connectivity index (χ0n) is 28.2. The Morgan fingerprint density at radius 1 is 0.520 bits per heavy atom. The van der Waals surface area contributed by atoms with Gasteiger partial charge in [-0.2, -0.15) is 0 Å². The third kappa shape index (κ3) is 6.94. The normalized spacial score (nSPS) is 14.8. The molecule has 2 fully saturated rings. The van der Waals surface area contributed by atoms with Gasteiger partial charge in [-0.25, -0.2) is 0 Å². The largest absolute Gasteiger partial charge is 0.367 e. The number of amides is 2. The maximum Gasteiger partial charge on any atom is 0.265 e. The summed E-state index contributed by atoms with van der Waals surface area (Å²) in [7, 11) is 0. The van der Waals surface area contributed by atoms with Gasteiger partial charge in [0, 0.05) is 76.0 Å². The molecule has 8 N–H and O–H groups in total. The monoisotopic (exact) mass is 668 g/mol. The molecule has 10 heteroatoms. The zero-order chi connectivity index (χ0) is 34.5. The van der Waals surface area contributed by atoms with Crippen molar-refractivity contribution in [3.8, 4) is 0 Å². The number of piperazine rings is 2. The van der Waals surface area contributed by atoms with E-state index in [0.29, 0.717) is 24.2 Å². The summed E-state index contributed by atoms with van der Waals surface area (Å²) in [6.07, 6.45) is 1.37. The Bertz CT molecular complexity index is 1940. The predicted molar refractivity (Wildman–Crippen MR) is 202 cm³/mol. The molecule has 2 aliphatic heterocycles. The van der Waals surface area contributed by atoms with Crippen LogP contribution in [0.2, 0.25) is 0 Å². The van der Waals surface area contributed by atoms with Crippen molar-refractivity contribution in [2.75, 3.05) is 62.2 Å². The molecule has 6 aromatic rings. The van der Waals surface area contributed by atoms with Gasteiger partial charge in [0.2, 0.25) is 0 Å². The van der Waals surface area contributed by atoms with Crippen LogP contribution < -0.4 is 31.9 Å². The SMILES string of the molecule is NC(=O)c1[nH]c2c(N3CCNCC3)cccc2c1Cc1ccccc1.NC(=O)c1[nH]c2c(N3CCNCC3)cccc2c1Cc1ccccc1. The van der Waals surface area contributed by atoms with E-state index < -0.39 is 11.8 Å². The fraction of sp³-hybridized carbons (Fsp3) is 0.250. The molecule has 0 unspecified atom stereocenters. The number of primary amides is 2. The van der Waals surface area contributed by atoms with Crippen molar-refractivity contribution in [2.24, 2.45) is 11.5 Å². The van der Waals surface area contributed by atoms with Crippen LogP contribution in [-0.2, 0) is 12.8 Å². The Balaban J connectivity index is 0.000000157. The van der Waals surface area contributed by atoms with E-state index in [1.165, 1.54) is 11.1 Å². The van der Waals surface area contributed by atoms with Gasteiger partial charge in [0.25, 0.3) is 11.8 Å². The van der Waals surface area contributed by atoms with Gasteiger partial charge in [-0.15, -0.1) is 0 Å². The maximum atomic E-state index is 12.0. The molecule has 4 aromatic carbocycles. The second-order valence-corrected chi connectivity index (χ2v) is 12.9. The molecule has 10 nitrogen and oxygen atoms in total. The van der Waals surface area contributed by atoms with Crippen LogP contribution in [0.25, 0.3) is 21.8 Å². The van der Waals surface area contributed by atoms with Gasteiger partial charge in [0.1, 0.15) is 11.4 Å². The molecule has 2 amide bonds. The molecule has 0 atom stereocenters. The lowest BCUT2D eigenvalue weighted by Crippen LogP contribution is -2.43. The van der Waals surface area contributed by atoms with E-state index in [0.717, 1.165) is 96.7 Å². The summed E-state index contributed by atoms with van der Waals surface area (Å²) in [6, 6.07) is 32.8. The number of nitrogens with two attached hydrogens (primary N) is 2. The van der Waals surface area contributed by atoms with Gasteiger partial charge >= 0.3 is 0 Å². The van der Waals surface area contributed by atoms with E-state index in [2.05, 4.69) is 91.1 Å². The standard InChI is InChI=1S/2C20H22N4O/c2*21-20(25)19-16(13-14-5-2-1-3-6-14)15-7-4-8-17(18(15)23-19)24-11-9-22-10-12-24/h2*1-8,22-23H,9-13H2,(H2,21,25). The number of H-pyrrole nitrogens is 2. The second kappa shape index (κ2) is 14.9. The minimum atomic E-state index is -0.409. The van der Waals surface area contributed by atoms with Gasteiger partial charge in [0.05, 0.1) is 22.4 Å². The molecule has 256 valence electrons. The molecule has 0 bridgehead atoms. The van der Waals surface area contributed by atoms with Gasteiger partial charge < -0.3 is 41.9 Å². The maximum absolute atomic E-state index is 12.0. The highest BCUT2D eigenvalue weighted by atomic mass is 16.1. The summed E-state index contributed by atoms with van der Waals surface area (Å²) in [5, 5.41) is 8.90. The summed E-state index contributed by atoms with van der Waals surface area (Å²) < 4.78 is 0. The van der Waals surface area contributed by atoms with Gasteiger partial charge in [0.15, 0.2) is 0 Å². The van der Waals surface area contributed by atoms with E-state index in [1.807, 2.05) is 36.4 Å². The van der Waals surface area contributed by atoms with Crippen LogP contribution in [0.5, 0.6) is 0 Å². The van der Waals surface area contributed by atoms with Crippen molar-refractivity contribution < 1.29 is 9.59 Å². The van der Waals surface area contributed by atoms with Crippen molar-refractivity contribution in [1.29, 1.82) is 0 Å². The number of hydrogen-bond acceptors (Lipinski definition) is 6.